The van der Waals surface area contributed by atoms with Gasteiger partial charge in [-0.2, -0.15) is 9.97 Å². The summed E-state index contributed by atoms with van der Waals surface area (Å²) in [6.07, 6.45) is 11.9. The van der Waals surface area contributed by atoms with E-state index in [4.69, 9.17) is 60.1 Å². The number of fused-ring (bicyclic) bond motifs is 3. The first-order valence-electron chi connectivity index (χ1n) is 42.4. The van der Waals surface area contributed by atoms with Crippen molar-refractivity contribution < 1.29 is 18.6 Å². The Bertz CT molecular complexity index is 6050. The summed E-state index contributed by atoms with van der Waals surface area (Å²) in [6, 6.07) is 110. The van der Waals surface area contributed by atoms with Crippen LogP contribution in [-0.2, 0) is 29.4 Å². The van der Waals surface area contributed by atoms with Crippen LogP contribution in [-0.4, -0.2) is 81.5 Å². The fraction of sp³-hybridized carbons (Fsp3) is 0.229. The van der Waals surface area contributed by atoms with E-state index in [0.29, 0.717) is 46.6 Å². The van der Waals surface area contributed by atoms with Crippen molar-refractivity contribution in [1.29, 1.82) is 0 Å². The molecule has 2 saturated carbocycles. The summed E-state index contributed by atoms with van der Waals surface area (Å²) in [5.41, 5.74) is 13.8. The van der Waals surface area contributed by atoms with Crippen LogP contribution in [0.5, 0.6) is 0 Å². The van der Waals surface area contributed by atoms with Gasteiger partial charge in [-0.15, -0.1) is 0 Å². The maximum absolute atomic E-state index is 6.29. The van der Waals surface area contributed by atoms with E-state index in [1.807, 2.05) is 91.0 Å². The van der Waals surface area contributed by atoms with Crippen molar-refractivity contribution in [1.82, 2.24) is 44.9 Å². The zero-order valence-corrected chi connectivity index (χ0v) is 70.5. The maximum atomic E-state index is 6.29. The highest BCUT2D eigenvalue weighted by Gasteiger charge is 2.53. The highest BCUT2D eigenvalue weighted by atomic mass is 35.5. The molecule has 598 valence electrons. The van der Waals surface area contributed by atoms with E-state index in [1.54, 1.807) is 0 Å². The van der Waals surface area contributed by atoms with Gasteiger partial charge in [0.1, 0.15) is 0 Å². The monoisotopic (exact) mass is 1600 g/mol. The minimum absolute atomic E-state index is 0.0289. The Morgan fingerprint density at radius 2 is 0.463 bits per heavy atom. The second-order valence-electron chi connectivity index (χ2n) is 34.4. The van der Waals surface area contributed by atoms with Gasteiger partial charge < -0.3 is 18.6 Å². The Kier molecular flexibility index (Phi) is 22.2. The van der Waals surface area contributed by atoms with Gasteiger partial charge in [0, 0.05) is 55.3 Å². The zero-order valence-electron chi connectivity index (χ0n) is 69.8. The lowest BCUT2D eigenvalue weighted by molar-refractivity contribution is 0.00578. The van der Waals surface area contributed by atoms with Crippen molar-refractivity contribution in [3.63, 3.8) is 0 Å². The third-order valence-electron chi connectivity index (χ3n) is 25.8. The third-order valence-corrected chi connectivity index (χ3v) is 26.0. The van der Waals surface area contributed by atoms with Gasteiger partial charge in [0.05, 0.1) is 22.4 Å². The van der Waals surface area contributed by atoms with Crippen LogP contribution >= 0.6 is 11.6 Å². The van der Waals surface area contributed by atoms with Crippen molar-refractivity contribution >= 4 is 69.1 Å². The average Bonchev–Trinajstić information content (AvgIpc) is 1.56. The number of nitrogens with zero attached hydrogens (tertiary/aromatic N) is 9. The Balaban J connectivity index is 0.000000142. The first-order chi connectivity index (χ1) is 58.8. The molecule has 20 rings (SSSR count). The third kappa shape index (κ3) is 16.3. The van der Waals surface area contributed by atoms with Crippen LogP contribution in [0.3, 0.4) is 0 Å². The zero-order chi connectivity index (χ0) is 82.9. The van der Waals surface area contributed by atoms with Gasteiger partial charge in [-0.25, -0.2) is 34.9 Å². The highest BCUT2D eigenvalue weighted by Crippen LogP contribution is 2.49. The molecule has 0 N–H and O–H groups in total. The number of hydrogen-bond donors (Lipinski definition) is 0. The minimum Gasteiger partial charge on any atom is -0.399 e. The van der Waals surface area contributed by atoms with Crippen molar-refractivity contribution in [3.05, 3.63) is 343 Å². The Morgan fingerprint density at radius 1 is 0.231 bits per heavy atom. The number of rotatable bonds is 14. The van der Waals surface area contributed by atoms with Crippen molar-refractivity contribution in [2.75, 3.05) is 0 Å². The lowest BCUT2D eigenvalue weighted by atomic mass is 9.64. The van der Waals surface area contributed by atoms with Gasteiger partial charge in [0.25, 0.3) is 0 Å². The largest absolute Gasteiger partial charge is 0.494 e. The van der Waals surface area contributed by atoms with Gasteiger partial charge in [0.15, 0.2) is 46.6 Å². The van der Waals surface area contributed by atoms with E-state index in [-0.39, 0.29) is 52.8 Å². The van der Waals surface area contributed by atoms with E-state index in [1.165, 1.54) is 73.6 Å². The molecule has 0 radical (unpaired) electrons. The minimum atomic E-state index is -0.333. The van der Waals surface area contributed by atoms with Gasteiger partial charge in [-0.1, -0.05) is 354 Å². The van der Waals surface area contributed by atoms with Gasteiger partial charge in [-0.3, -0.25) is 0 Å². The molecule has 2 aliphatic heterocycles. The molecular formula is C105H96B2ClN9O4. The molecule has 0 bridgehead atoms. The van der Waals surface area contributed by atoms with Crippen LogP contribution in [0.25, 0.3) is 123 Å². The summed E-state index contributed by atoms with van der Waals surface area (Å²) in [6.45, 7) is 16.8. The number of hydrogen-bond acceptors (Lipinski definition) is 13. The summed E-state index contributed by atoms with van der Waals surface area (Å²) >= 11 is 6.14. The molecule has 4 aliphatic rings. The SMILES string of the molecule is CC1(C)OB(c2ccc(C3(c4ccc(B5OC(C)(C)C(C)(C)O5)cc4)CCCCC3)cc2)OC1(C)C.Clc1nc(-c2ccccc2)nc(-c2cccc3ccccc23)n1.c1ccc(-c2nc(-c3ccc(C4(c5ccc(-c6nc(-c7ccccc7)nc(-c7cccc8ccccc78)n6)cc5)CCCCC4)cc3)nc(-c3cccc4ccccc34)n2)cc1. The van der Waals surface area contributed by atoms with E-state index in [9.17, 15) is 0 Å². The van der Waals surface area contributed by atoms with Gasteiger partial charge in [-0.05, 0) is 158 Å². The molecule has 16 aromatic rings. The quantitative estimate of drug-likeness (QED) is 0.0950. The summed E-state index contributed by atoms with van der Waals surface area (Å²) in [7, 11) is -0.656. The van der Waals surface area contributed by atoms with E-state index >= 15 is 0 Å². The number of benzene rings is 13. The van der Waals surface area contributed by atoms with Crippen LogP contribution in [0.4, 0.5) is 0 Å². The van der Waals surface area contributed by atoms with Crippen molar-refractivity contribution in [2.45, 2.75) is 153 Å². The summed E-state index contributed by atoms with van der Waals surface area (Å²) in [5.74, 6) is 5.12. The molecule has 4 fully saturated rings. The average molecular weight is 1610 g/mol. The van der Waals surface area contributed by atoms with Crippen LogP contribution in [0, 0.1) is 0 Å². The smallest absolute Gasteiger partial charge is 0.399 e. The van der Waals surface area contributed by atoms with Crippen LogP contribution in [0.2, 0.25) is 5.28 Å². The fourth-order valence-electron chi connectivity index (χ4n) is 17.7. The number of aromatic nitrogens is 9. The highest BCUT2D eigenvalue weighted by molar-refractivity contribution is 6.62. The molecule has 0 atom stereocenters. The Hall–Kier alpha value is -12.1. The molecule has 0 spiro atoms. The predicted octanol–water partition coefficient (Wildman–Crippen LogP) is 24.2. The predicted molar refractivity (Wildman–Crippen MR) is 493 cm³/mol. The van der Waals surface area contributed by atoms with Crippen LogP contribution < -0.4 is 10.9 Å². The molecule has 13 aromatic carbocycles. The molecule has 2 aliphatic carbocycles. The molecule has 5 heterocycles. The first kappa shape index (κ1) is 80.0. The fourth-order valence-corrected chi connectivity index (χ4v) is 17.8. The van der Waals surface area contributed by atoms with Crippen LogP contribution in [0.15, 0.2) is 315 Å². The summed E-state index contributed by atoms with van der Waals surface area (Å²) in [4.78, 5) is 43.7. The summed E-state index contributed by atoms with van der Waals surface area (Å²) < 4.78 is 25.2. The van der Waals surface area contributed by atoms with E-state index in [2.05, 4.69) is 295 Å². The molecule has 13 nitrogen and oxygen atoms in total. The number of halogens is 1. The normalized spacial score (nSPS) is 16.7. The second-order valence-corrected chi connectivity index (χ2v) is 34.7. The van der Waals surface area contributed by atoms with E-state index < -0.39 is 0 Å². The first-order valence-corrected chi connectivity index (χ1v) is 42.8. The molecule has 3 aromatic heterocycles. The van der Waals surface area contributed by atoms with Gasteiger partial charge in [0.2, 0.25) is 5.28 Å². The topological polar surface area (TPSA) is 153 Å². The molecule has 121 heavy (non-hydrogen) atoms. The lowest BCUT2D eigenvalue weighted by Gasteiger charge is -2.39. The molecule has 2 saturated heterocycles. The van der Waals surface area contributed by atoms with Crippen LogP contribution in [0.1, 0.15) is 142 Å². The molecule has 0 amide bonds. The van der Waals surface area contributed by atoms with Crippen molar-refractivity contribution in [2.24, 2.45) is 0 Å². The second kappa shape index (κ2) is 33.5. The van der Waals surface area contributed by atoms with Gasteiger partial charge >= 0.3 is 14.2 Å². The molecule has 0 unspecified atom stereocenters. The lowest BCUT2D eigenvalue weighted by Crippen LogP contribution is -2.41. The maximum Gasteiger partial charge on any atom is 0.494 e. The standard InChI is InChI=1S/C56H42N6.C30H42B2O4.C19H12ClN3/c1-4-18-40(19-5-1)50-57-52(61-54(59-50)48-26-14-22-38-16-8-10-24-46(38)48)42-28-32-44(33-29-42)56(36-12-3-13-37-56)45-34-30-43(31-35-45)53-58-51(41-20-6-2-7-21-41)60-55(62-53)49-27-15-23-39-17-9-11-25-47(39)49;1-26(2)27(3,4)34-31(33-26)24-16-12-22(13-17-24)30(20-10-9-11-21-30)23-14-18-25(19-15-23)32-35-28(5,6)29(7,8)36-32;20-19-22-17(14-8-2-1-3-9-14)21-18(23-19)16-12-6-10-13-7-4-5-11-15(13)16/h1-2,4-11,14-35H,3,12-13,36-37H2;12-19H,9-11,20-21H2,1-8H3;1-12H. The Labute approximate surface area is 714 Å². The van der Waals surface area contributed by atoms with Crippen molar-refractivity contribution in [3.8, 4) is 91.1 Å². The molecular weight excluding hydrogens is 1510 g/mol. The molecule has 16 heteroatoms. The summed E-state index contributed by atoms with van der Waals surface area (Å²) in [5, 5.41) is 6.97. The van der Waals surface area contributed by atoms with E-state index in [0.717, 1.165) is 101 Å². The Morgan fingerprint density at radius 3 is 0.769 bits per heavy atom.